The largest absolute Gasteiger partial charge is 0.348 e. The third kappa shape index (κ3) is 3.76. The molecule has 0 atom stereocenters. The number of rotatable bonds is 3. The second kappa shape index (κ2) is 7.56. The standard InChI is InChI=1S/C21H26N4O2/c1-15-2-4-16(5-3-15)21(27)24-11-8-17(9-12-24)23-20(26)19-7-6-18-14-22-10-13-25(18)19/h2-7,17,22H,8-14H2,1H3,(H,23,26). The van der Waals surface area contributed by atoms with Gasteiger partial charge in [-0.1, -0.05) is 17.7 Å². The summed E-state index contributed by atoms with van der Waals surface area (Å²) in [6.07, 6.45) is 1.58. The number of aromatic nitrogens is 1. The van der Waals surface area contributed by atoms with Gasteiger partial charge < -0.3 is 20.1 Å². The van der Waals surface area contributed by atoms with Crippen LogP contribution in [0.4, 0.5) is 0 Å². The predicted octanol–water partition coefficient (Wildman–Crippen LogP) is 1.93. The highest BCUT2D eigenvalue weighted by atomic mass is 16.2. The van der Waals surface area contributed by atoms with Crippen molar-refractivity contribution in [1.82, 2.24) is 20.1 Å². The van der Waals surface area contributed by atoms with E-state index in [0.717, 1.165) is 55.0 Å². The summed E-state index contributed by atoms with van der Waals surface area (Å²) >= 11 is 0. The van der Waals surface area contributed by atoms with Crippen LogP contribution in [0.5, 0.6) is 0 Å². The van der Waals surface area contributed by atoms with Crippen molar-refractivity contribution in [3.63, 3.8) is 0 Å². The number of nitrogens with zero attached hydrogens (tertiary/aromatic N) is 2. The van der Waals surface area contributed by atoms with Crippen LogP contribution in [0.1, 0.15) is 44.9 Å². The van der Waals surface area contributed by atoms with E-state index in [4.69, 9.17) is 0 Å². The monoisotopic (exact) mass is 366 g/mol. The molecule has 2 aromatic rings. The minimum absolute atomic E-state index is 0.00791. The van der Waals surface area contributed by atoms with Gasteiger partial charge in [0.1, 0.15) is 5.69 Å². The molecule has 2 aliphatic rings. The van der Waals surface area contributed by atoms with E-state index < -0.39 is 0 Å². The van der Waals surface area contributed by atoms with Crippen molar-refractivity contribution in [1.29, 1.82) is 0 Å². The zero-order valence-electron chi connectivity index (χ0n) is 15.7. The number of aryl methyl sites for hydroxylation is 1. The number of hydrogen-bond donors (Lipinski definition) is 2. The topological polar surface area (TPSA) is 66.4 Å². The lowest BCUT2D eigenvalue weighted by molar-refractivity contribution is 0.0697. The minimum Gasteiger partial charge on any atom is -0.348 e. The van der Waals surface area contributed by atoms with Crippen LogP contribution in [0, 0.1) is 6.92 Å². The number of piperidine rings is 1. The third-order valence-corrected chi connectivity index (χ3v) is 5.54. The Labute approximate surface area is 159 Å². The van der Waals surface area contributed by atoms with Crippen molar-refractivity contribution in [2.24, 2.45) is 0 Å². The SMILES string of the molecule is Cc1ccc(C(=O)N2CCC(NC(=O)c3ccc4n3CCNC4)CC2)cc1. The highest BCUT2D eigenvalue weighted by Crippen LogP contribution is 2.17. The Morgan fingerprint density at radius 1 is 1.04 bits per heavy atom. The van der Waals surface area contributed by atoms with E-state index in [2.05, 4.69) is 15.2 Å². The molecule has 0 spiro atoms. The maximum atomic E-state index is 12.7. The van der Waals surface area contributed by atoms with Crippen LogP contribution < -0.4 is 10.6 Å². The van der Waals surface area contributed by atoms with Gasteiger partial charge in [0.05, 0.1) is 0 Å². The highest BCUT2D eigenvalue weighted by molar-refractivity contribution is 5.94. The fourth-order valence-corrected chi connectivity index (χ4v) is 3.90. The fourth-order valence-electron chi connectivity index (χ4n) is 3.90. The smallest absolute Gasteiger partial charge is 0.268 e. The van der Waals surface area contributed by atoms with Gasteiger partial charge in [-0.3, -0.25) is 9.59 Å². The van der Waals surface area contributed by atoms with Gasteiger partial charge in [0, 0.05) is 50.0 Å². The van der Waals surface area contributed by atoms with Crippen LogP contribution in [0.15, 0.2) is 36.4 Å². The van der Waals surface area contributed by atoms with Crippen LogP contribution in [0.2, 0.25) is 0 Å². The van der Waals surface area contributed by atoms with E-state index in [1.165, 1.54) is 0 Å². The molecule has 2 N–H and O–H groups in total. The Bertz CT molecular complexity index is 832. The van der Waals surface area contributed by atoms with E-state index in [1.54, 1.807) is 0 Å². The molecule has 3 heterocycles. The molecular weight excluding hydrogens is 340 g/mol. The first-order valence-electron chi connectivity index (χ1n) is 9.68. The summed E-state index contributed by atoms with van der Waals surface area (Å²) < 4.78 is 2.10. The zero-order chi connectivity index (χ0) is 18.8. The van der Waals surface area contributed by atoms with Gasteiger partial charge in [-0.2, -0.15) is 0 Å². The first-order valence-corrected chi connectivity index (χ1v) is 9.68. The molecular formula is C21H26N4O2. The summed E-state index contributed by atoms with van der Waals surface area (Å²) in [5, 5.41) is 6.48. The second-order valence-corrected chi connectivity index (χ2v) is 7.44. The average Bonchev–Trinajstić information content (AvgIpc) is 3.13. The third-order valence-electron chi connectivity index (χ3n) is 5.54. The molecule has 6 nitrogen and oxygen atoms in total. The molecule has 6 heteroatoms. The van der Waals surface area contributed by atoms with Crippen LogP contribution in [0.3, 0.4) is 0 Å². The summed E-state index contributed by atoms with van der Waals surface area (Å²) in [6, 6.07) is 11.7. The number of likely N-dealkylation sites (tertiary alicyclic amines) is 1. The van der Waals surface area contributed by atoms with Crippen molar-refractivity contribution < 1.29 is 9.59 Å². The lowest BCUT2D eigenvalue weighted by Crippen LogP contribution is -2.47. The van der Waals surface area contributed by atoms with E-state index in [-0.39, 0.29) is 17.9 Å². The van der Waals surface area contributed by atoms with Crippen LogP contribution in [0.25, 0.3) is 0 Å². The molecule has 0 radical (unpaired) electrons. The molecule has 0 unspecified atom stereocenters. The van der Waals surface area contributed by atoms with Gasteiger partial charge in [-0.05, 0) is 44.0 Å². The molecule has 142 valence electrons. The highest BCUT2D eigenvalue weighted by Gasteiger charge is 2.26. The molecule has 2 aliphatic heterocycles. The summed E-state index contributed by atoms with van der Waals surface area (Å²) in [5.74, 6) is 0.0689. The molecule has 1 saturated heterocycles. The van der Waals surface area contributed by atoms with Crippen molar-refractivity contribution >= 4 is 11.8 Å². The van der Waals surface area contributed by atoms with Gasteiger partial charge in [0.2, 0.25) is 0 Å². The number of fused-ring (bicyclic) bond motifs is 1. The number of nitrogens with one attached hydrogen (secondary N) is 2. The maximum absolute atomic E-state index is 12.7. The Morgan fingerprint density at radius 3 is 2.52 bits per heavy atom. The van der Waals surface area contributed by atoms with Crippen LogP contribution in [-0.2, 0) is 13.1 Å². The Kier molecular flexibility index (Phi) is 4.99. The van der Waals surface area contributed by atoms with Crippen molar-refractivity contribution in [2.75, 3.05) is 19.6 Å². The lowest BCUT2D eigenvalue weighted by Gasteiger charge is -2.32. The minimum atomic E-state index is -0.00791. The van der Waals surface area contributed by atoms with Crippen LogP contribution >= 0.6 is 0 Å². The number of carbonyl (C=O) groups is 2. The summed E-state index contributed by atoms with van der Waals surface area (Å²) in [7, 11) is 0. The van der Waals surface area contributed by atoms with Crippen molar-refractivity contribution in [3.05, 3.63) is 58.9 Å². The molecule has 1 aromatic heterocycles. The van der Waals surface area contributed by atoms with Crippen molar-refractivity contribution in [2.45, 2.75) is 38.9 Å². The van der Waals surface area contributed by atoms with Crippen molar-refractivity contribution in [3.8, 4) is 0 Å². The van der Waals surface area contributed by atoms with E-state index >= 15 is 0 Å². The normalized spacial score (nSPS) is 17.4. The molecule has 1 aromatic carbocycles. The first kappa shape index (κ1) is 17.8. The molecule has 2 amide bonds. The molecule has 4 rings (SSSR count). The summed E-state index contributed by atoms with van der Waals surface area (Å²) in [4.78, 5) is 27.2. The number of hydrogen-bond acceptors (Lipinski definition) is 3. The maximum Gasteiger partial charge on any atom is 0.268 e. The molecule has 1 fully saturated rings. The fraction of sp³-hybridized carbons (Fsp3) is 0.429. The Balaban J connectivity index is 1.33. The first-order chi connectivity index (χ1) is 13.1. The van der Waals surface area contributed by atoms with E-state index in [0.29, 0.717) is 13.1 Å². The molecule has 0 bridgehead atoms. The molecule has 0 saturated carbocycles. The molecule has 27 heavy (non-hydrogen) atoms. The van der Waals surface area contributed by atoms with Gasteiger partial charge >= 0.3 is 0 Å². The number of benzene rings is 1. The zero-order valence-corrected chi connectivity index (χ0v) is 15.7. The van der Waals surface area contributed by atoms with Gasteiger partial charge in [-0.15, -0.1) is 0 Å². The van der Waals surface area contributed by atoms with Crippen LogP contribution in [-0.4, -0.2) is 47.0 Å². The number of carbonyl (C=O) groups excluding carboxylic acids is 2. The second-order valence-electron chi connectivity index (χ2n) is 7.44. The lowest BCUT2D eigenvalue weighted by atomic mass is 10.0. The van der Waals surface area contributed by atoms with Gasteiger partial charge in [0.25, 0.3) is 11.8 Å². The van der Waals surface area contributed by atoms with Gasteiger partial charge in [0.15, 0.2) is 0 Å². The van der Waals surface area contributed by atoms with Gasteiger partial charge in [-0.25, -0.2) is 0 Å². The quantitative estimate of drug-likeness (QED) is 0.872. The summed E-state index contributed by atoms with van der Waals surface area (Å²) in [5.41, 5.74) is 3.78. The van der Waals surface area contributed by atoms with E-state index in [1.807, 2.05) is 48.2 Å². The Morgan fingerprint density at radius 2 is 1.78 bits per heavy atom. The average molecular weight is 366 g/mol. The number of amides is 2. The molecule has 0 aliphatic carbocycles. The Hall–Kier alpha value is -2.60. The summed E-state index contributed by atoms with van der Waals surface area (Å²) in [6.45, 7) is 5.89. The predicted molar refractivity (Wildman–Crippen MR) is 104 cm³/mol. The van der Waals surface area contributed by atoms with E-state index in [9.17, 15) is 9.59 Å².